The Bertz CT molecular complexity index is 2670. The maximum Gasteiger partial charge on any atom is 0.316 e. The van der Waals surface area contributed by atoms with Crippen molar-refractivity contribution in [3.8, 4) is 17.2 Å². The first kappa shape index (κ1) is 37.0. The van der Waals surface area contributed by atoms with Gasteiger partial charge in [0.2, 0.25) is 5.95 Å². The second-order valence-corrected chi connectivity index (χ2v) is 15.9. The van der Waals surface area contributed by atoms with Crippen LogP contribution >= 0.6 is 22.7 Å². The molecule has 58 heavy (non-hydrogen) atoms. The van der Waals surface area contributed by atoms with Crippen molar-refractivity contribution >= 4 is 65.3 Å². The molecule has 1 aliphatic heterocycles. The van der Waals surface area contributed by atoms with Crippen molar-refractivity contribution in [3.05, 3.63) is 175 Å². The third-order valence-corrected chi connectivity index (χ3v) is 12.5. The van der Waals surface area contributed by atoms with Crippen LogP contribution in [0.3, 0.4) is 0 Å². The molecular weight excluding hydrogens is 762 g/mol. The van der Waals surface area contributed by atoms with Crippen molar-refractivity contribution in [2.75, 3.05) is 18.4 Å². The van der Waals surface area contributed by atoms with E-state index in [1.807, 2.05) is 79.0 Å². The van der Waals surface area contributed by atoms with Gasteiger partial charge in [-0.15, -0.1) is 4.48 Å². The fourth-order valence-electron chi connectivity index (χ4n) is 7.37. The lowest BCUT2D eigenvalue weighted by atomic mass is 9.93. The molecule has 1 unspecified atom stereocenters. The number of benzene rings is 5. The first-order valence-electron chi connectivity index (χ1n) is 19.0. The number of rotatable bonds is 12. The monoisotopic (exact) mass is 798 g/mol. The lowest BCUT2D eigenvalue weighted by molar-refractivity contribution is 0.412. The average Bonchev–Trinajstić information content (AvgIpc) is 3.91. The Morgan fingerprint density at radius 1 is 0.759 bits per heavy atom. The van der Waals surface area contributed by atoms with Crippen LogP contribution in [0.2, 0.25) is 0 Å². The molecule has 0 saturated heterocycles. The zero-order valence-electron chi connectivity index (χ0n) is 31.2. The lowest BCUT2D eigenvalue weighted by Crippen LogP contribution is -2.64. The molecule has 9 rings (SSSR count). The summed E-state index contributed by atoms with van der Waals surface area (Å²) in [4.78, 5) is 25.2. The zero-order valence-corrected chi connectivity index (χ0v) is 32.9. The van der Waals surface area contributed by atoms with Gasteiger partial charge in [0, 0.05) is 18.9 Å². The molecule has 8 aromatic rings. The number of fused-ring (bicyclic) bond motifs is 2. The number of halogens is 1. The molecule has 284 valence electrons. The predicted molar refractivity (Wildman–Crippen MR) is 234 cm³/mol. The van der Waals surface area contributed by atoms with Gasteiger partial charge >= 0.3 is 16.2 Å². The SMILES string of the molecule is N#CC(c1ccnc(NCCc2ccc(-c3ccccc3)cc2)n1)[C@H]1C=CNC(=NCCc2cccc(F)c2)[N+]1(c1nc2ccccc2s1)c1nc2ccccc2s1. The normalized spacial score (nSPS) is 15.9. The minimum Gasteiger partial charge on any atom is -0.354 e. The number of nitriles is 1. The number of para-hydroxylation sites is 2. The van der Waals surface area contributed by atoms with Crippen molar-refractivity contribution < 1.29 is 4.39 Å². The van der Waals surface area contributed by atoms with E-state index < -0.39 is 12.0 Å². The molecule has 4 heterocycles. The fraction of sp³-hybridized carbons (Fsp3) is 0.130. The van der Waals surface area contributed by atoms with Gasteiger partial charge in [-0.1, -0.05) is 114 Å². The van der Waals surface area contributed by atoms with Gasteiger partial charge in [0.1, 0.15) is 11.7 Å². The topological polar surface area (TPSA) is 112 Å². The summed E-state index contributed by atoms with van der Waals surface area (Å²) in [5.74, 6) is -0.0578. The molecule has 0 aliphatic carbocycles. The second kappa shape index (κ2) is 16.4. The Labute approximate surface area is 343 Å². The summed E-state index contributed by atoms with van der Waals surface area (Å²) in [5.41, 5.74) is 6.63. The summed E-state index contributed by atoms with van der Waals surface area (Å²) < 4.78 is 16.1. The number of hydrogen-bond donors (Lipinski definition) is 2. The van der Waals surface area contributed by atoms with Crippen LogP contribution in [-0.2, 0) is 12.8 Å². The summed E-state index contributed by atoms with van der Waals surface area (Å²) in [5, 5.41) is 19.5. The molecule has 5 aromatic carbocycles. The number of thiazole rings is 2. The molecule has 0 saturated carbocycles. The summed E-state index contributed by atoms with van der Waals surface area (Å²) >= 11 is 3.10. The third kappa shape index (κ3) is 7.34. The number of nitrogens with one attached hydrogen (secondary N) is 2. The molecule has 0 spiro atoms. The Balaban J connectivity index is 1.09. The van der Waals surface area contributed by atoms with E-state index >= 15 is 0 Å². The van der Waals surface area contributed by atoms with Crippen LogP contribution in [0.15, 0.2) is 157 Å². The predicted octanol–water partition coefficient (Wildman–Crippen LogP) is 10.2. The van der Waals surface area contributed by atoms with E-state index in [0.29, 0.717) is 47.4 Å². The molecule has 9 nitrogen and oxygen atoms in total. The van der Waals surface area contributed by atoms with Crippen LogP contribution in [0.4, 0.5) is 20.6 Å². The highest BCUT2D eigenvalue weighted by Crippen LogP contribution is 2.49. The highest BCUT2D eigenvalue weighted by Gasteiger charge is 2.56. The molecule has 0 fully saturated rings. The molecule has 1 aliphatic rings. The minimum atomic E-state index is -0.778. The average molecular weight is 799 g/mol. The third-order valence-electron chi connectivity index (χ3n) is 10.2. The molecule has 0 amide bonds. The van der Waals surface area contributed by atoms with Crippen molar-refractivity contribution in [1.82, 2.24) is 29.7 Å². The van der Waals surface area contributed by atoms with Gasteiger partial charge in [0.25, 0.3) is 0 Å². The fourth-order valence-corrected chi connectivity index (χ4v) is 9.72. The number of hydrogen-bond acceptors (Lipinski definition) is 9. The van der Waals surface area contributed by atoms with Gasteiger partial charge in [-0.3, -0.25) is 0 Å². The van der Waals surface area contributed by atoms with Gasteiger partial charge in [-0.05, 0) is 83.6 Å². The van der Waals surface area contributed by atoms with Crippen LogP contribution in [-0.4, -0.2) is 45.0 Å². The van der Waals surface area contributed by atoms with E-state index in [1.54, 1.807) is 34.9 Å². The number of nitrogens with zero attached hydrogens (tertiary/aromatic N) is 7. The van der Waals surface area contributed by atoms with Gasteiger partial charge < -0.3 is 10.6 Å². The summed E-state index contributed by atoms with van der Waals surface area (Å²) in [6, 6.07) is 45.4. The van der Waals surface area contributed by atoms with Gasteiger partial charge in [-0.2, -0.15) is 15.2 Å². The molecule has 0 bridgehead atoms. The Morgan fingerprint density at radius 2 is 1.45 bits per heavy atom. The van der Waals surface area contributed by atoms with E-state index in [4.69, 9.17) is 19.9 Å². The molecule has 0 radical (unpaired) electrons. The first-order valence-corrected chi connectivity index (χ1v) is 20.7. The summed E-state index contributed by atoms with van der Waals surface area (Å²) in [6.07, 6.45) is 6.83. The van der Waals surface area contributed by atoms with Crippen molar-refractivity contribution in [3.63, 3.8) is 0 Å². The molecule has 12 heteroatoms. The van der Waals surface area contributed by atoms with Crippen LogP contribution < -0.4 is 15.1 Å². The number of guanidine groups is 1. The second-order valence-electron chi connectivity index (χ2n) is 13.9. The largest absolute Gasteiger partial charge is 0.354 e. The van der Waals surface area contributed by atoms with Crippen LogP contribution in [0, 0.1) is 17.1 Å². The van der Waals surface area contributed by atoms with Crippen molar-refractivity contribution in [2.45, 2.75) is 24.8 Å². The lowest BCUT2D eigenvalue weighted by Gasteiger charge is -2.41. The van der Waals surface area contributed by atoms with Gasteiger partial charge in [0.05, 0.1) is 38.7 Å². The van der Waals surface area contributed by atoms with Crippen LogP contribution in [0.1, 0.15) is 22.7 Å². The van der Waals surface area contributed by atoms with E-state index in [1.165, 1.54) is 28.8 Å². The highest BCUT2D eigenvalue weighted by molar-refractivity contribution is 7.24. The first-order chi connectivity index (χ1) is 28.6. The minimum absolute atomic E-state index is 0.0672. The molecule has 2 atom stereocenters. The number of quaternary nitrogens is 1. The van der Waals surface area contributed by atoms with E-state index in [9.17, 15) is 9.65 Å². The molecule has 2 N–H and O–H groups in total. The highest BCUT2D eigenvalue weighted by atomic mass is 32.1. The molecular formula is C46H37FN9S2+. The standard InChI is InChI=1S/C46H37FN9S2/c47-35-12-8-9-32(29-35)22-26-51-44-52-28-24-40(56(44,45-54-38-13-4-6-15-41(38)57-45)46-55-39-14-5-7-16-42(39)58-46)36(30-48)37-23-27-50-43(53-37)49-25-21-31-17-19-34(20-18-31)33-10-2-1-3-11-33/h1-20,23-24,27-29,36,40H,21-22,25-26H2,(H,51,52)(H,49,50,53)/q+1/t36?,40-/m1/s1. The maximum atomic E-state index is 14.2. The maximum absolute atomic E-state index is 14.2. The summed E-state index contributed by atoms with van der Waals surface area (Å²) in [6.45, 7) is 0.966. The Morgan fingerprint density at radius 3 is 2.14 bits per heavy atom. The molecule has 3 aromatic heterocycles. The zero-order chi connectivity index (χ0) is 39.3. The van der Waals surface area contributed by atoms with Crippen molar-refractivity contribution in [2.24, 2.45) is 4.99 Å². The van der Waals surface area contributed by atoms with Crippen LogP contribution in [0.25, 0.3) is 31.6 Å². The van der Waals surface area contributed by atoms with Crippen LogP contribution in [0.5, 0.6) is 0 Å². The van der Waals surface area contributed by atoms with E-state index in [-0.39, 0.29) is 10.3 Å². The van der Waals surface area contributed by atoms with Crippen molar-refractivity contribution in [1.29, 1.82) is 5.26 Å². The number of anilines is 1. The quantitative estimate of drug-likeness (QED) is 0.118. The Kier molecular flexibility index (Phi) is 10.5. The van der Waals surface area contributed by atoms with Gasteiger partial charge in [0.15, 0.2) is 6.04 Å². The van der Waals surface area contributed by atoms with E-state index in [0.717, 1.165) is 32.4 Å². The number of aliphatic imine (C=N–C) groups is 1. The van der Waals surface area contributed by atoms with E-state index in [2.05, 4.69) is 70.2 Å². The Hall–Kier alpha value is -6.65. The summed E-state index contributed by atoms with van der Waals surface area (Å²) in [7, 11) is 0. The van der Waals surface area contributed by atoms with Gasteiger partial charge in [-0.25, -0.2) is 19.4 Å². The number of aromatic nitrogens is 4. The smallest absolute Gasteiger partial charge is 0.316 e.